The molecule has 0 spiro atoms. The molecule has 8 heavy (non-hydrogen) atoms. The van der Waals surface area contributed by atoms with Crippen LogP contribution in [0.25, 0.3) is 0 Å². The second-order valence-corrected chi connectivity index (χ2v) is 2.82. The molecule has 0 amide bonds. The Morgan fingerprint density at radius 2 is 2.38 bits per heavy atom. The minimum atomic E-state index is 0.831. The highest BCUT2D eigenvalue weighted by Gasteiger charge is 2.35. The van der Waals surface area contributed by atoms with Crippen molar-refractivity contribution in [3.05, 3.63) is 0 Å². The molecule has 1 saturated carbocycles. The Morgan fingerprint density at radius 1 is 1.38 bits per heavy atom. The third-order valence-corrected chi connectivity index (χ3v) is 2.09. The topological polar surface area (TPSA) is 0 Å². The van der Waals surface area contributed by atoms with Crippen molar-refractivity contribution >= 4 is 0 Å². The van der Waals surface area contributed by atoms with Crippen LogP contribution in [0.15, 0.2) is 0 Å². The summed E-state index contributed by atoms with van der Waals surface area (Å²) < 4.78 is 0. The minimum absolute atomic E-state index is 0.831. The maximum Gasteiger partial charge on any atom is 0.0234 e. The molecule has 1 fully saturated rings. The average molecular weight is 106 g/mol. The first kappa shape index (κ1) is 4.44. The van der Waals surface area contributed by atoms with Gasteiger partial charge in [-0.1, -0.05) is 5.92 Å². The van der Waals surface area contributed by atoms with E-state index in [-0.39, 0.29) is 0 Å². The second-order valence-electron chi connectivity index (χ2n) is 2.82. The van der Waals surface area contributed by atoms with Crippen molar-refractivity contribution in [2.45, 2.75) is 25.7 Å². The predicted octanol–water partition coefficient (Wildman–Crippen LogP) is 1.81. The van der Waals surface area contributed by atoms with Crippen LogP contribution < -0.4 is 0 Å². The molecule has 42 valence electrons. The summed E-state index contributed by atoms with van der Waals surface area (Å²) in [5.74, 6) is 8.31. The van der Waals surface area contributed by atoms with Crippen molar-refractivity contribution in [2.24, 2.45) is 11.8 Å². The second kappa shape index (κ2) is 1.52. The number of hydrogen-bond donors (Lipinski definition) is 0. The van der Waals surface area contributed by atoms with Gasteiger partial charge < -0.3 is 0 Å². The van der Waals surface area contributed by atoms with Gasteiger partial charge in [0.25, 0.3) is 0 Å². The molecule has 0 aromatic heterocycles. The molecule has 0 aromatic rings. The van der Waals surface area contributed by atoms with Crippen LogP contribution in [-0.2, 0) is 0 Å². The quantitative estimate of drug-likeness (QED) is 0.413. The first-order valence-electron chi connectivity index (χ1n) is 3.45. The molecule has 0 nitrogen and oxygen atoms in total. The van der Waals surface area contributed by atoms with E-state index in [0.717, 1.165) is 18.3 Å². The fourth-order valence-corrected chi connectivity index (χ4v) is 1.40. The monoisotopic (exact) mass is 106 g/mol. The third-order valence-electron chi connectivity index (χ3n) is 2.09. The van der Waals surface area contributed by atoms with E-state index >= 15 is 0 Å². The zero-order valence-electron chi connectivity index (χ0n) is 4.98. The molecule has 0 radical (unpaired) electrons. The van der Waals surface area contributed by atoms with E-state index in [0.29, 0.717) is 0 Å². The lowest BCUT2D eigenvalue weighted by molar-refractivity contribution is 0.670. The lowest BCUT2D eigenvalue weighted by Crippen LogP contribution is -1.75. The average Bonchev–Trinajstić information content (AvgIpc) is 2.36. The summed E-state index contributed by atoms with van der Waals surface area (Å²) in [6, 6.07) is 0. The molecule has 0 bridgehead atoms. The molecular formula is C8H10. The number of hydrogen-bond acceptors (Lipinski definition) is 0. The van der Waals surface area contributed by atoms with Gasteiger partial charge in [-0.25, -0.2) is 0 Å². The lowest BCUT2D eigenvalue weighted by Gasteiger charge is -1.87. The molecule has 2 atom stereocenters. The van der Waals surface area contributed by atoms with E-state index < -0.39 is 0 Å². The van der Waals surface area contributed by atoms with Gasteiger partial charge in [0, 0.05) is 12.3 Å². The Kier molecular flexibility index (Phi) is 0.842. The zero-order chi connectivity index (χ0) is 5.40. The fourth-order valence-electron chi connectivity index (χ4n) is 1.40. The summed E-state index contributed by atoms with van der Waals surface area (Å²) in [7, 11) is 0. The number of rotatable bonds is 0. The molecule has 2 aliphatic rings. The van der Waals surface area contributed by atoms with Gasteiger partial charge in [-0.05, 0) is 25.2 Å². The Bertz CT molecular complexity index is 147. The molecular weight excluding hydrogens is 96.1 g/mol. The van der Waals surface area contributed by atoms with Crippen LogP contribution in [0.3, 0.4) is 0 Å². The van der Waals surface area contributed by atoms with Crippen molar-refractivity contribution in [2.75, 3.05) is 0 Å². The molecule has 0 heterocycles. The van der Waals surface area contributed by atoms with Crippen LogP contribution in [0.1, 0.15) is 25.7 Å². The highest BCUT2D eigenvalue weighted by Crippen LogP contribution is 2.42. The van der Waals surface area contributed by atoms with E-state index in [4.69, 9.17) is 0 Å². The van der Waals surface area contributed by atoms with Gasteiger partial charge in [-0.15, -0.1) is 5.92 Å². The van der Waals surface area contributed by atoms with Crippen molar-refractivity contribution in [3.63, 3.8) is 0 Å². The Balaban J connectivity index is 2.08. The Morgan fingerprint density at radius 3 is 3.38 bits per heavy atom. The van der Waals surface area contributed by atoms with E-state index in [1.807, 2.05) is 0 Å². The van der Waals surface area contributed by atoms with Crippen LogP contribution in [-0.4, -0.2) is 0 Å². The van der Waals surface area contributed by atoms with E-state index in [9.17, 15) is 0 Å². The molecule has 0 heteroatoms. The third kappa shape index (κ3) is 0.629. The van der Waals surface area contributed by atoms with Crippen LogP contribution >= 0.6 is 0 Å². The Hall–Kier alpha value is -0.440. The molecule has 0 aromatic carbocycles. The first-order valence-corrected chi connectivity index (χ1v) is 3.45. The van der Waals surface area contributed by atoms with Crippen LogP contribution in [0.5, 0.6) is 0 Å². The maximum absolute atomic E-state index is 3.27. The summed E-state index contributed by atoms with van der Waals surface area (Å²) in [6.45, 7) is 0. The smallest absolute Gasteiger partial charge is 0.0234 e. The van der Waals surface area contributed by atoms with Crippen molar-refractivity contribution in [3.8, 4) is 11.8 Å². The van der Waals surface area contributed by atoms with Gasteiger partial charge >= 0.3 is 0 Å². The molecule has 0 aliphatic heterocycles. The summed E-state index contributed by atoms with van der Waals surface area (Å²) in [6.07, 6.45) is 5.36. The van der Waals surface area contributed by atoms with Crippen LogP contribution in [0, 0.1) is 23.7 Å². The zero-order valence-corrected chi connectivity index (χ0v) is 4.98. The summed E-state index contributed by atoms with van der Waals surface area (Å²) in [5, 5.41) is 0. The molecule has 2 aliphatic carbocycles. The molecule has 2 rings (SSSR count). The SMILES string of the molecule is C1#C[C@@H]2C[C@@H]2CCC1. The lowest BCUT2D eigenvalue weighted by atomic mass is 10.2. The summed E-state index contributed by atoms with van der Waals surface area (Å²) in [5.41, 5.74) is 0. The van der Waals surface area contributed by atoms with Gasteiger partial charge in [-0.2, -0.15) is 0 Å². The first-order chi connectivity index (χ1) is 3.97. The van der Waals surface area contributed by atoms with Crippen LogP contribution in [0.4, 0.5) is 0 Å². The van der Waals surface area contributed by atoms with Gasteiger partial charge in [0.05, 0.1) is 0 Å². The maximum atomic E-state index is 3.27. The van der Waals surface area contributed by atoms with Crippen LogP contribution in [0.2, 0.25) is 0 Å². The molecule has 0 unspecified atom stereocenters. The van der Waals surface area contributed by atoms with Gasteiger partial charge in [0.15, 0.2) is 0 Å². The molecule has 0 saturated heterocycles. The van der Waals surface area contributed by atoms with E-state index in [1.165, 1.54) is 19.3 Å². The van der Waals surface area contributed by atoms with Crippen molar-refractivity contribution in [1.29, 1.82) is 0 Å². The number of fused-ring (bicyclic) bond motifs is 1. The predicted molar refractivity (Wildman–Crippen MR) is 33.2 cm³/mol. The van der Waals surface area contributed by atoms with Gasteiger partial charge in [-0.3, -0.25) is 0 Å². The fraction of sp³-hybridized carbons (Fsp3) is 0.750. The standard InChI is InChI=1S/C8H10/c1-2-4-7-6-8(7)5-3-1/h7-8H,1-2,4,6H2/t7-,8+/m0/s1. The highest BCUT2D eigenvalue weighted by molar-refractivity contribution is 5.14. The van der Waals surface area contributed by atoms with Crippen molar-refractivity contribution < 1.29 is 0 Å². The summed E-state index contributed by atoms with van der Waals surface area (Å²) >= 11 is 0. The normalized spacial score (nSPS) is 41.0. The highest BCUT2D eigenvalue weighted by atomic mass is 14.4. The summed E-state index contributed by atoms with van der Waals surface area (Å²) in [4.78, 5) is 0. The molecule has 0 N–H and O–H groups in total. The minimum Gasteiger partial charge on any atom is -0.103 e. The largest absolute Gasteiger partial charge is 0.103 e. The van der Waals surface area contributed by atoms with E-state index in [1.54, 1.807) is 0 Å². The Labute approximate surface area is 50.3 Å². The van der Waals surface area contributed by atoms with Gasteiger partial charge in [0.2, 0.25) is 0 Å². The van der Waals surface area contributed by atoms with E-state index in [2.05, 4.69) is 11.8 Å². The van der Waals surface area contributed by atoms with Gasteiger partial charge in [0.1, 0.15) is 0 Å². The van der Waals surface area contributed by atoms with Crippen molar-refractivity contribution in [1.82, 2.24) is 0 Å².